The number of nitrogens with one attached hydrogen (secondary N) is 1. The van der Waals surface area contributed by atoms with Gasteiger partial charge in [-0.1, -0.05) is 11.6 Å². The molecule has 1 fully saturated rings. The summed E-state index contributed by atoms with van der Waals surface area (Å²) >= 11 is 5.99. The molecule has 1 aromatic rings. The fourth-order valence-electron chi connectivity index (χ4n) is 2.29. The number of hydrogen-bond donors (Lipinski definition) is 1. The van der Waals surface area contributed by atoms with E-state index in [9.17, 15) is 4.79 Å². The van der Waals surface area contributed by atoms with Gasteiger partial charge in [-0.25, -0.2) is 0 Å². The Morgan fingerprint density at radius 1 is 1.42 bits per heavy atom. The van der Waals surface area contributed by atoms with Crippen molar-refractivity contribution in [3.8, 4) is 0 Å². The van der Waals surface area contributed by atoms with Gasteiger partial charge in [0.15, 0.2) is 0 Å². The van der Waals surface area contributed by atoms with Gasteiger partial charge in [-0.15, -0.1) is 12.4 Å². The molecule has 106 valence electrons. The van der Waals surface area contributed by atoms with Crippen LogP contribution in [0.4, 0.5) is 0 Å². The summed E-state index contributed by atoms with van der Waals surface area (Å²) in [4.78, 5) is 14.4. The van der Waals surface area contributed by atoms with E-state index in [1.807, 2.05) is 17.9 Å². The van der Waals surface area contributed by atoms with Crippen LogP contribution in [0.2, 0.25) is 5.02 Å². The molecule has 0 radical (unpaired) electrons. The number of halogens is 2. The summed E-state index contributed by atoms with van der Waals surface area (Å²) < 4.78 is 0. The zero-order chi connectivity index (χ0) is 13.3. The van der Waals surface area contributed by atoms with E-state index >= 15 is 0 Å². The molecule has 3 nitrogen and oxygen atoms in total. The van der Waals surface area contributed by atoms with E-state index in [-0.39, 0.29) is 24.4 Å². The first-order chi connectivity index (χ1) is 8.50. The molecule has 1 amide bonds. The SMILES string of the molecule is Cc1cc(C(=O)N2CCNC(C)C2C)ccc1Cl.Cl. The fraction of sp³-hybridized carbons (Fsp3) is 0.500. The molecule has 0 aliphatic carbocycles. The van der Waals surface area contributed by atoms with Crippen LogP contribution in [-0.4, -0.2) is 36.0 Å². The predicted molar refractivity (Wildman–Crippen MR) is 81.4 cm³/mol. The second-order valence-electron chi connectivity index (χ2n) is 4.95. The Kier molecular flexibility index (Phi) is 5.65. The lowest BCUT2D eigenvalue weighted by Gasteiger charge is -2.38. The van der Waals surface area contributed by atoms with Gasteiger partial charge in [-0.2, -0.15) is 0 Å². The molecule has 0 bridgehead atoms. The van der Waals surface area contributed by atoms with Crippen molar-refractivity contribution < 1.29 is 4.79 Å². The van der Waals surface area contributed by atoms with Crippen LogP contribution in [0.1, 0.15) is 29.8 Å². The van der Waals surface area contributed by atoms with Crippen molar-refractivity contribution in [1.29, 1.82) is 0 Å². The molecule has 2 atom stereocenters. The fourth-order valence-corrected chi connectivity index (χ4v) is 2.40. The van der Waals surface area contributed by atoms with Gasteiger partial charge >= 0.3 is 0 Å². The Morgan fingerprint density at radius 3 is 2.74 bits per heavy atom. The van der Waals surface area contributed by atoms with Crippen molar-refractivity contribution in [2.75, 3.05) is 13.1 Å². The Balaban J connectivity index is 0.00000180. The molecule has 1 aliphatic heterocycles. The van der Waals surface area contributed by atoms with E-state index in [2.05, 4.69) is 19.2 Å². The van der Waals surface area contributed by atoms with Gasteiger partial charge in [0.2, 0.25) is 0 Å². The van der Waals surface area contributed by atoms with Gasteiger partial charge in [0.25, 0.3) is 5.91 Å². The topological polar surface area (TPSA) is 32.3 Å². The molecule has 2 rings (SSSR count). The van der Waals surface area contributed by atoms with Crippen molar-refractivity contribution in [2.45, 2.75) is 32.9 Å². The maximum Gasteiger partial charge on any atom is 0.254 e. The molecule has 1 saturated heterocycles. The van der Waals surface area contributed by atoms with Gasteiger partial charge in [0, 0.05) is 35.8 Å². The number of amides is 1. The summed E-state index contributed by atoms with van der Waals surface area (Å²) in [7, 11) is 0. The Hall–Kier alpha value is -0.770. The maximum atomic E-state index is 12.5. The second-order valence-corrected chi connectivity index (χ2v) is 5.35. The summed E-state index contributed by atoms with van der Waals surface area (Å²) in [5, 5.41) is 4.08. The van der Waals surface area contributed by atoms with Gasteiger partial charge < -0.3 is 10.2 Å². The zero-order valence-electron chi connectivity index (χ0n) is 11.4. The molecule has 19 heavy (non-hydrogen) atoms. The summed E-state index contributed by atoms with van der Waals surface area (Å²) in [6, 6.07) is 6.00. The number of carbonyl (C=O) groups excluding carboxylic acids is 1. The lowest BCUT2D eigenvalue weighted by Crippen LogP contribution is -2.57. The minimum Gasteiger partial charge on any atom is -0.333 e. The maximum absolute atomic E-state index is 12.5. The third kappa shape index (κ3) is 3.41. The van der Waals surface area contributed by atoms with E-state index in [0.29, 0.717) is 11.1 Å². The van der Waals surface area contributed by atoms with Crippen LogP contribution in [0, 0.1) is 6.92 Å². The van der Waals surface area contributed by atoms with Gasteiger partial charge in [-0.05, 0) is 44.5 Å². The number of nitrogens with zero attached hydrogens (tertiary/aromatic N) is 1. The zero-order valence-corrected chi connectivity index (χ0v) is 13.0. The van der Waals surface area contributed by atoms with Crippen LogP contribution < -0.4 is 5.32 Å². The smallest absolute Gasteiger partial charge is 0.254 e. The molecule has 1 aromatic carbocycles. The number of benzene rings is 1. The number of aryl methyl sites for hydroxylation is 1. The molecule has 5 heteroatoms. The Morgan fingerprint density at radius 2 is 2.11 bits per heavy atom. The van der Waals surface area contributed by atoms with Crippen LogP contribution in [0.3, 0.4) is 0 Å². The molecular formula is C14H20Cl2N2O. The molecule has 1 heterocycles. The van der Waals surface area contributed by atoms with E-state index in [0.717, 1.165) is 24.2 Å². The average molecular weight is 303 g/mol. The standard InChI is InChI=1S/C14H19ClN2O.ClH/c1-9-8-12(4-5-13(9)15)14(18)17-7-6-16-10(2)11(17)3;/h4-5,8,10-11,16H,6-7H2,1-3H3;1H. The Bertz CT molecular complexity index is 465. The molecular weight excluding hydrogens is 283 g/mol. The highest BCUT2D eigenvalue weighted by Gasteiger charge is 2.28. The van der Waals surface area contributed by atoms with Crippen LogP contribution >= 0.6 is 24.0 Å². The molecule has 0 saturated carbocycles. The van der Waals surface area contributed by atoms with E-state index < -0.39 is 0 Å². The van der Waals surface area contributed by atoms with Gasteiger partial charge in [0.05, 0.1) is 0 Å². The normalized spacial score (nSPS) is 22.8. The van der Waals surface area contributed by atoms with Crippen molar-refractivity contribution in [3.63, 3.8) is 0 Å². The van der Waals surface area contributed by atoms with E-state index in [1.165, 1.54) is 0 Å². The molecule has 0 aromatic heterocycles. The predicted octanol–water partition coefficient (Wildman–Crippen LogP) is 2.89. The first-order valence-corrected chi connectivity index (χ1v) is 6.69. The quantitative estimate of drug-likeness (QED) is 0.865. The summed E-state index contributed by atoms with van der Waals surface area (Å²) in [5.74, 6) is 0.0932. The highest BCUT2D eigenvalue weighted by molar-refractivity contribution is 6.31. The van der Waals surface area contributed by atoms with E-state index in [4.69, 9.17) is 11.6 Å². The van der Waals surface area contributed by atoms with Crippen LogP contribution in [0.15, 0.2) is 18.2 Å². The molecule has 1 aliphatic rings. The summed E-state index contributed by atoms with van der Waals surface area (Å²) in [6.07, 6.45) is 0. The van der Waals surface area contributed by atoms with Crippen molar-refractivity contribution >= 4 is 29.9 Å². The van der Waals surface area contributed by atoms with Crippen LogP contribution in [0.25, 0.3) is 0 Å². The summed E-state index contributed by atoms with van der Waals surface area (Å²) in [6.45, 7) is 7.72. The van der Waals surface area contributed by atoms with E-state index in [1.54, 1.807) is 12.1 Å². The third-order valence-electron chi connectivity index (χ3n) is 3.70. The first kappa shape index (κ1) is 16.3. The molecule has 1 N–H and O–H groups in total. The summed E-state index contributed by atoms with van der Waals surface area (Å²) in [5.41, 5.74) is 1.66. The van der Waals surface area contributed by atoms with Crippen LogP contribution in [0.5, 0.6) is 0 Å². The highest BCUT2D eigenvalue weighted by atomic mass is 35.5. The number of carbonyl (C=O) groups is 1. The first-order valence-electron chi connectivity index (χ1n) is 6.31. The minimum atomic E-state index is 0. The van der Waals surface area contributed by atoms with Crippen molar-refractivity contribution in [1.82, 2.24) is 10.2 Å². The minimum absolute atomic E-state index is 0. The number of rotatable bonds is 1. The largest absolute Gasteiger partial charge is 0.333 e. The second kappa shape index (κ2) is 6.60. The van der Waals surface area contributed by atoms with Crippen LogP contribution in [-0.2, 0) is 0 Å². The third-order valence-corrected chi connectivity index (χ3v) is 4.12. The number of hydrogen-bond acceptors (Lipinski definition) is 2. The lowest BCUT2D eigenvalue weighted by molar-refractivity contribution is 0.0603. The highest BCUT2D eigenvalue weighted by Crippen LogP contribution is 2.19. The van der Waals surface area contributed by atoms with Gasteiger partial charge in [0.1, 0.15) is 0 Å². The Labute approximate surface area is 125 Å². The molecule has 2 unspecified atom stereocenters. The monoisotopic (exact) mass is 302 g/mol. The van der Waals surface area contributed by atoms with Gasteiger partial charge in [-0.3, -0.25) is 4.79 Å². The van der Waals surface area contributed by atoms with Crippen molar-refractivity contribution in [2.24, 2.45) is 0 Å². The average Bonchev–Trinajstić information content (AvgIpc) is 2.35. The van der Waals surface area contributed by atoms with Crippen molar-refractivity contribution in [3.05, 3.63) is 34.3 Å². The number of piperazine rings is 1. The molecule has 0 spiro atoms. The lowest BCUT2D eigenvalue weighted by atomic mass is 10.0.